The Morgan fingerprint density at radius 1 is 1.19 bits per heavy atom. The van der Waals surface area contributed by atoms with E-state index in [2.05, 4.69) is 64.9 Å². The van der Waals surface area contributed by atoms with Gasteiger partial charge in [0.25, 0.3) is 0 Å². The largest absolute Gasteiger partial charge is 0.360 e. The van der Waals surface area contributed by atoms with E-state index in [0.717, 1.165) is 43.7 Å². The molecule has 2 aromatic heterocycles. The van der Waals surface area contributed by atoms with E-state index in [9.17, 15) is 0 Å². The number of rotatable bonds is 6. The van der Waals surface area contributed by atoms with Crippen LogP contribution < -0.4 is 0 Å². The van der Waals surface area contributed by atoms with E-state index < -0.39 is 0 Å². The third kappa shape index (κ3) is 3.16. The number of hydrogen-bond acceptors (Lipinski definition) is 5. The number of benzene rings is 1. The first-order chi connectivity index (χ1) is 15.1. The van der Waals surface area contributed by atoms with Crippen LogP contribution in [0.15, 0.2) is 47.6 Å². The molecule has 0 radical (unpaired) electrons. The van der Waals surface area contributed by atoms with Gasteiger partial charge in [-0.15, -0.1) is 0 Å². The van der Waals surface area contributed by atoms with Crippen LogP contribution in [0.1, 0.15) is 48.8 Å². The summed E-state index contributed by atoms with van der Waals surface area (Å²) >= 11 is 0. The fourth-order valence-corrected chi connectivity index (χ4v) is 5.71. The quantitative estimate of drug-likeness (QED) is 0.615. The van der Waals surface area contributed by atoms with Crippen molar-refractivity contribution in [3.05, 3.63) is 59.7 Å². The van der Waals surface area contributed by atoms with Crippen LogP contribution in [0.4, 0.5) is 0 Å². The molecule has 1 aromatic carbocycles. The second kappa shape index (κ2) is 7.16. The van der Waals surface area contributed by atoms with Gasteiger partial charge in [0.15, 0.2) is 0 Å². The highest BCUT2D eigenvalue weighted by Crippen LogP contribution is 2.49. The molecule has 3 aliphatic rings. The standard InChI is InChI=1S/C25H30N6/c1-29(21-11-5-7-18-8-6-13-26-24(18)21)16-23-28-19-9-3-4-10-20(19)31(23)14-12-25-15-22(25)30(2)17-27-25/h3-4,6,8-10,13,17,21-22H,5,7,11-12,14-16H2,1-2H3. The summed E-state index contributed by atoms with van der Waals surface area (Å²) in [5.74, 6) is 1.15. The van der Waals surface area contributed by atoms with E-state index in [4.69, 9.17) is 15.0 Å². The van der Waals surface area contributed by atoms with E-state index in [1.54, 1.807) is 0 Å². The zero-order valence-electron chi connectivity index (χ0n) is 18.4. The Morgan fingerprint density at radius 2 is 2.10 bits per heavy atom. The predicted octanol–water partition coefficient (Wildman–Crippen LogP) is 3.82. The van der Waals surface area contributed by atoms with Gasteiger partial charge in [-0.25, -0.2) is 4.98 Å². The molecular weight excluding hydrogens is 384 g/mol. The van der Waals surface area contributed by atoms with Gasteiger partial charge in [-0.3, -0.25) is 14.9 Å². The molecule has 3 heterocycles. The number of imidazole rings is 1. The number of nitrogens with zero attached hydrogens (tertiary/aromatic N) is 6. The second-order valence-corrected chi connectivity index (χ2v) is 9.52. The third-order valence-corrected chi connectivity index (χ3v) is 7.59. The lowest BCUT2D eigenvalue weighted by Gasteiger charge is -2.32. The Hall–Kier alpha value is -2.73. The summed E-state index contributed by atoms with van der Waals surface area (Å²) in [6.07, 6.45) is 9.74. The van der Waals surface area contributed by atoms with Crippen molar-refractivity contribution in [3.63, 3.8) is 0 Å². The van der Waals surface area contributed by atoms with Gasteiger partial charge >= 0.3 is 0 Å². The van der Waals surface area contributed by atoms with Crippen molar-refractivity contribution in [1.82, 2.24) is 24.3 Å². The van der Waals surface area contributed by atoms with Gasteiger partial charge in [0, 0.05) is 19.8 Å². The zero-order valence-corrected chi connectivity index (χ0v) is 18.4. The van der Waals surface area contributed by atoms with Crippen molar-refractivity contribution in [1.29, 1.82) is 0 Å². The number of para-hydroxylation sites is 2. The summed E-state index contributed by atoms with van der Waals surface area (Å²) in [5, 5.41) is 0. The number of aliphatic imine (C=N–C) groups is 1. The first-order valence-electron chi connectivity index (χ1n) is 11.5. The number of aromatic nitrogens is 3. The third-order valence-electron chi connectivity index (χ3n) is 7.59. The molecule has 31 heavy (non-hydrogen) atoms. The minimum Gasteiger partial charge on any atom is -0.360 e. The topological polar surface area (TPSA) is 49.6 Å². The van der Waals surface area contributed by atoms with Gasteiger partial charge in [0.1, 0.15) is 5.82 Å². The van der Waals surface area contributed by atoms with Crippen LogP contribution in [0, 0.1) is 0 Å². The normalized spacial score (nSPS) is 26.5. The highest BCUT2D eigenvalue weighted by Gasteiger charge is 2.58. The number of pyridine rings is 1. The maximum atomic E-state index is 5.05. The molecule has 6 rings (SSSR count). The van der Waals surface area contributed by atoms with Crippen molar-refractivity contribution in [2.24, 2.45) is 4.99 Å². The van der Waals surface area contributed by atoms with Crippen LogP contribution in [-0.4, -0.2) is 56.3 Å². The lowest BCUT2D eigenvalue weighted by Crippen LogP contribution is -2.29. The fourth-order valence-electron chi connectivity index (χ4n) is 5.71. The fraction of sp³-hybridized carbons (Fsp3) is 0.480. The van der Waals surface area contributed by atoms with Crippen LogP contribution in [0.5, 0.6) is 0 Å². The molecule has 2 aliphatic carbocycles. The van der Waals surface area contributed by atoms with E-state index >= 15 is 0 Å². The minimum atomic E-state index is 0.134. The molecule has 1 aliphatic heterocycles. The Balaban J connectivity index is 1.27. The molecule has 1 saturated carbocycles. The zero-order chi connectivity index (χ0) is 21.0. The van der Waals surface area contributed by atoms with E-state index in [0.29, 0.717) is 12.1 Å². The van der Waals surface area contributed by atoms with E-state index in [1.165, 1.54) is 29.6 Å². The van der Waals surface area contributed by atoms with Gasteiger partial charge in [0.05, 0.1) is 47.2 Å². The van der Waals surface area contributed by atoms with Crippen LogP contribution in [0.2, 0.25) is 0 Å². The Kier molecular flexibility index (Phi) is 4.39. The van der Waals surface area contributed by atoms with Crippen molar-refractivity contribution in [2.75, 3.05) is 14.1 Å². The van der Waals surface area contributed by atoms with Crippen molar-refractivity contribution in [3.8, 4) is 0 Å². The summed E-state index contributed by atoms with van der Waals surface area (Å²) in [6, 6.07) is 13.8. The molecule has 0 saturated heterocycles. The number of aryl methyl sites for hydroxylation is 2. The van der Waals surface area contributed by atoms with Crippen LogP contribution >= 0.6 is 0 Å². The molecule has 0 spiro atoms. The molecule has 6 nitrogen and oxygen atoms in total. The molecule has 1 fully saturated rings. The Labute approximate surface area is 183 Å². The second-order valence-electron chi connectivity index (χ2n) is 9.52. The number of fused-ring (bicyclic) bond motifs is 3. The number of likely N-dealkylation sites (N-methyl/N-ethyl adjacent to an activating group) is 1. The summed E-state index contributed by atoms with van der Waals surface area (Å²) in [7, 11) is 4.37. The lowest BCUT2D eigenvalue weighted by molar-refractivity contribution is 0.201. The van der Waals surface area contributed by atoms with Gasteiger partial charge < -0.3 is 9.47 Å². The maximum Gasteiger partial charge on any atom is 0.124 e. The Bertz CT molecular complexity index is 1150. The van der Waals surface area contributed by atoms with Crippen molar-refractivity contribution < 1.29 is 0 Å². The van der Waals surface area contributed by atoms with Crippen molar-refractivity contribution >= 4 is 17.4 Å². The van der Waals surface area contributed by atoms with E-state index in [1.807, 2.05) is 12.5 Å². The Morgan fingerprint density at radius 3 is 2.94 bits per heavy atom. The number of hydrogen-bond donors (Lipinski definition) is 0. The van der Waals surface area contributed by atoms with Gasteiger partial charge in [0.2, 0.25) is 0 Å². The average molecular weight is 415 g/mol. The molecule has 3 aromatic rings. The highest BCUT2D eigenvalue weighted by molar-refractivity contribution is 5.76. The maximum absolute atomic E-state index is 5.05. The molecule has 0 bridgehead atoms. The van der Waals surface area contributed by atoms with Crippen molar-refractivity contribution in [2.45, 2.75) is 62.8 Å². The summed E-state index contributed by atoms with van der Waals surface area (Å²) in [5.41, 5.74) is 5.11. The molecule has 3 atom stereocenters. The van der Waals surface area contributed by atoms with Crippen LogP contribution in [0.3, 0.4) is 0 Å². The monoisotopic (exact) mass is 414 g/mol. The average Bonchev–Trinajstić information content (AvgIpc) is 3.30. The summed E-state index contributed by atoms with van der Waals surface area (Å²) in [6.45, 7) is 1.79. The molecule has 6 heteroatoms. The highest BCUT2D eigenvalue weighted by atomic mass is 15.3. The molecule has 0 N–H and O–H groups in total. The van der Waals surface area contributed by atoms with Crippen LogP contribution in [-0.2, 0) is 19.5 Å². The van der Waals surface area contributed by atoms with Gasteiger partial charge in [-0.05, 0) is 62.9 Å². The van der Waals surface area contributed by atoms with E-state index in [-0.39, 0.29) is 5.54 Å². The smallest absolute Gasteiger partial charge is 0.124 e. The predicted molar refractivity (Wildman–Crippen MR) is 123 cm³/mol. The first-order valence-corrected chi connectivity index (χ1v) is 11.5. The minimum absolute atomic E-state index is 0.134. The van der Waals surface area contributed by atoms with Crippen LogP contribution in [0.25, 0.3) is 11.0 Å². The molecule has 3 unspecified atom stereocenters. The lowest BCUT2D eigenvalue weighted by atomic mass is 9.91. The molecular formula is C25H30N6. The summed E-state index contributed by atoms with van der Waals surface area (Å²) in [4.78, 5) is 19.4. The molecule has 0 amide bonds. The van der Waals surface area contributed by atoms with Gasteiger partial charge in [-0.1, -0.05) is 18.2 Å². The molecule has 160 valence electrons. The SMILES string of the molecule is CN1C=NC2(CCn3c(CN(C)C4CCCc5cccnc54)nc4ccccc43)CC12. The summed E-state index contributed by atoms with van der Waals surface area (Å²) < 4.78 is 2.44. The first kappa shape index (κ1) is 19.0. The van der Waals surface area contributed by atoms with Gasteiger partial charge in [-0.2, -0.15) is 0 Å².